The van der Waals surface area contributed by atoms with Crippen LogP contribution in [-0.4, -0.2) is 34.3 Å². The molecule has 0 aromatic heterocycles. The second kappa shape index (κ2) is 8.23. The molecule has 2 aromatic carbocycles. The minimum atomic E-state index is -4.73. The number of sulfone groups is 1. The lowest BCUT2D eigenvalue weighted by Crippen LogP contribution is -2.16. The molecule has 2 aromatic rings. The molecule has 11 heteroatoms. The number of carbonyl (C=O) groups is 1. The van der Waals surface area contributed by atoms with Crippen molar-refractivity contribution in [1.29, 1.82) is 0 Å². The largest absolute Gasteiger partial charge is 0.341 e. The van der Waals surface area contributed by atoms with Crippen molar-refractivity contribution in [2.24, 2.45) is 0 Å². The van der Waals surface area contributed by atoms with Crippen LogP contribution in [0, 0.1) is 6.92 Å². The predicted molar refractivity (Wildman–Crippen MR) is 102 cm³/mol. The van der Waals surface area contributed by atoms with Gasteiger partial charge in [0.25, 0.3) is 5.91 Å². The van der Waals surface area contributed by atoms with E-state index >= 15 is 0 Å². The molecule has 0 aliphatic carbocycles. The molecule has 28 heavy (non-hydrogen) atoms. The number of alkyl halides is 2. The fourth-order valence-electron chi connectivity index (χ4n) is 2.20. The molecule has 2 N–H and O–H groups in total. The normalized spacial score (nSPS) is 12.0. The van der Waals surface area contributed by atoms with Crippen molar-refractivity contribution in [3.05, 3.63) is 53.6 Å². The lowest BCUT2D eigenvalue weighted by molar-refractivity contribution is 0.102. The Kier molecular flexibility index (Phi) is 6.40. The van der Waals surface area contributed by atoms with E-state index in [1.54, 1.807) is 13.0 Å². The van der Waals surface area contributed by atoms with Crippen molar-refractivity contribution in [3.63, 3.8) is 0 Å². The summed E-state index contributed by atoms with van der Waals surface area (Å²) < 4.78 is 73.5. The number of anilines is 2. The number of hydrogen-bond acceptors (Lipinski definition) is 5. The zero-order chi connectivity index (χ0) is 21.1. The van der Waals surface area contributed by atoms with Gasteiger partial charge in [0.1, 0.15) is 0 Å². The maximum absolute atomic E-state index is 12.5. The first-order valence-corrected chi connectivity index (χ1v) is 11.2. The monoisotopic (exact) mass is 432 g/mol. The van der Waals surface area contributed by atoms with Gasteiger partial charge >= 0.3 is 5.76 Å². The van der Waals surface area contributed by atoms with E-state index in [1.165, 1.54) is 19.1 Å². The first-order valence-electron chi connectivity index (χ1n) is 8.01. The highest BCUT2D eigenvalue weighted by Crippen LogP contribution is 2.22. The van der Waals surface area contributed by atoms with Gasteiger partial charge in [0.2, 0.25) is 19.9 Å². The van der Waals surface area contributed by atoms with Gasteiger partial charge < -0.3 is 5.32 Å². The van der Waals surface area contributed by atoms with Gasteiger partial charge in [-0.15, -0.1) is 0 Å². The van der Waals surface area contributed by atoms with Gasteiger partial charge in [-0.05, 0) is 61.9 Å². The summed E-state index contributed by atoms with van der Waals surface area (Å²) in [6.07, 6.45) is 0. The molecule has 0 radical (unpaired) electrons. The van der Waals surface area contributed by atoms with Crippen LogP contribution in [0.4, 0.5) is 20.2 Å². The van der Waals surface area contributed by atoms with E-state index in [-0.39, 0.29) is 11.3 Å². The van der Waals surface area contributed by atoms with Crippen LogP contribution in [0.5, 0.6) is 0 Å². The van der Waals surface area contributed by atoms with Gasteiger partial charge in [-0.3, -0.25) is 9.52 Å². The number of amides is 1. The summed E-state index contributed by atoms with van der Waals surface area (Å²) in [4.78, 5) is 11.7. The van der Waals surface area contributed by atoms with E-state index in [9.17, 15) is 30.4 Å². The Hall–Kier alpha value is -2.53. The van der Waals surface area contributed by atoms with Crippen molar-refractivity contribution in [2.75, 3.05) is 15.8 Å². The standard InChI is InChI=1S/C17H18F2N2O5S2/c1-3-27(23,24)21-15-9-6-13(10-11(15)2)20-16(22)12-4-7-14(8-5-12)28(25,26)17(18)19/h4-10,17,21H,3H2,1-2H3,(H,20,22). The smallest absolute Gasteiger partial charge is 0.322 e. The third kappa shape index (κ3) is 5.04. The first-order chi connectivity index (χ1) is 13.0. The summed E-state index contributed by atoms with van der Waals surface area (Å²) in [5, 5.41) is 2.57. The van der Waals surface area contributed by atoms with Crippen molar-refractivity contribution < 1.29 is 30.4 Å². The molecule has 2 rings (SSSR count). The summed E-state index contributed by atoms with van der Waals surface area (Å²) >= 11 is 0. The van der Waals surface area contributed by atoms with Gasteiger partial charge in [0.05, 0.1) is 16.3 Å². The average Bonchev–Trinajstić information content (AvgIpc) is 2.64. The van der Waals surface area contributed by atoms with E-state index < -0.39 is 36.4 Å². The van der Waals surface area contributed by atoms with Crippen molar-refractivity contribution in [1.82, 2.24) is 0 Å². The zero-order valence-electron chi connectivity index (χ0n) is 14.9. The van der Waals surface area contributed by atoms with Crippen LogP contribution >= 0.6 is 0 Å². The van der Waals surface area contributed by atoms with Crippen LogP contribution < -0.4 is 10.0 Å². The summed E-state index contributed by atoms with van der Waals surface area (Å²) in [6, 6.07) is 8.67. The zero-order valence-corrected chi connectivity index (χ0v) is 16.6. The summed E-state index contributed by atoms with van der Waals surface area (Å²) in [7, 11) is -8.16. The minimum Gasteiger partial charge on any atom is -0.322 e. The highest BCUT2D eigenvalue weighted by atomic mass is 32.2. The Morgan fingerprint density at radius 1 is 1.04 bits per heavy atom. The predicted octanol–water partition coefficient (Wildman–Crippen LogP) is 3.01. The molecule has 0 heterocycles. The molecule has 0 bridgehead atoms. The van der Waals surface area contributed by atoms with E-state index in [0.717, 1.165) is 24.3 Å². The maximum atomic E-state index is 12.5. The molecule has 0 saturated heterocycles. The Morgan fingerprint density at radius 3 is 2.14 bits per heavy atom. The molecule has 0 aliphatic rings. The second-order valence-corrected chi connectivity index (χ2v) is 9.75. The van der Waals surface area contributed by atoms with Crippen molar-refractivity contribution >= 4 is 37.1 Å². The topological polar surface area (TPSA) is 109 Å². The number of nitrogens with one attached hydrogen (secondary N) is 2. The molecular formula is C17H18F2N2O5S2. The third-order valence-electron chi connectivity index (χ3n) is 3.81. The SMILES string of the molecule is CCS(=O)(=O)Nc1ccc(NC(=O)c2ccc(S(=O)(=O)C(F)F)cc2)cc1C. The molecule has 7 nitrogen and oxygen atoms in total. The van der Waals surface area contributed by atoms with Crippen LogP contribution in [0.25, 0.3) is 0 Å². The average molecular weight is 432 g/mol. The number of halogens is 2. The molecule has 0 atom stereocenters. The van der Waals surface area contributed by atoms with Gasteiger partial charge in [0.15, 0.2) is 0 Å². The fraction of sp³-hybridized carbons (Fsp3) is 0.235. The van der Waals surface area contributed by atoms with Gasteiger partial charge in [0, 0.05) is 11.3 Å². The molecule has 0 spiro atoms. The Labute approximate surface area is 161 Å². The summed E-state index contributed by atoms with van der Waals surface area (Å²) in [6.45, 7) is 3.16. The van der Waals surface area contributed by atoms with Crippen molar-refractivity contribution in [3.8, 4) is 0 Å². The van der Waals surface area contributed by atoms with E-state index in [4.69, 9.17) is 0 Å². The quantitative estimate of drug-likeness (QED) is 0.699. The highest BCUT2D eigenvalue weighted by molar-refractivity contribution is 7.92. The lowest BCUT2D eigenvalue weighted by Gasteiger charge is -2.12. The van der Waals surface area contributed by atoms with Crippen LogP contribution in [0.15, 0.2) is 47.4 Å². The summed E-state index contributed by atoms with van der Waals surface area (Å²) in [5.41, 5.74) is 1.41. The second-order valence-electron chi connectivity index (χ2n) is 5.82. The molecule has 0 aliphatic heterocycles. The first kappa shape index (κ1) is 21.8. The number of rotatable bonds is 7. The molecule has 152 valence electrons. The number of carbonyl (C=O) groups excluding carboxylic acids is 1. The highest BCUT2D eigenvalue weighted by Gasteiger charge is 2.26. The van der Waals surface area contributed by atoms with E-state index in [0.29, 0.717) is 16.9 Å². The number of hydrogen-bond donors (Lipinski definition) is 2. The van der Waals surface area contributed by atoms with Gasteiger partial charge in [-0.25, -0.2) is 16.8 Å². The molecular weight excluding hydrogens is 414 g/mol. The van der Waals surface area contributed by atoms with Gasteiger partial charge in [-0.2, -0.15) is 8.78 Å². The van der Waals surface area contributed by atoms with E-state index in [1.807, 2.05) is 0 Å². The number of aryl methyl sites for hydroxylation is 1. The van der Waals surface area contributed by atoms with Gasteiger partial charge in [-0.1, -0.05) is 0 Å². The molecule has 0 saturated carbocycles. The number of benzene rings is 2. The maximum Gasteiger partial charge on any atom is 0.341 e. The molecule has 0 fully saturated rings. The molecule has 1 amide bonds. The van der Waals surface area contributed by atoms with Crippen LogP contribution in [-0.2, 0) is 19.9 Å². The van der Waals surface area contributed by atoms with E-state index in [2.05, 4.69) is 10.0 Å². The minimum absolute atomic E-state index is 0.0710. The Balaban J connectivity index is 2.16. The summed E-state index contributed by atoms with van der Waals surface area (Å²) in [5.74, 6) is -4.21. The molecule has 0 unspecified atom stereocenters. The van der Waals surface area contributed by atoms with Crippen LogP contribution in [0.1, 0.15) is 22.8 Å². The fourth-order valence-corrected chi connectivity index (χ4v) is 3.63. The third-order valence-corrected chi connectivity index (χ3v) is 6.50. The van der Waals surface area contributed by atoms with Crippen LogP contribution in [0.3, 0.4) is 0 Å². The lowest BCUT2D eigenvalue weighted by atomic mass is 10.1. The Morgan fingerprint density at radius 2 is 1.64 bits per heavy atom. The number of sulfonamides is 1. The van der Waals surface area contributed by atoms with Crippen LogP contribution in [0.2, 0.25) is 0 Å². The Bertz CT molecular complexity index is 1080. The van der Waals surface area contributed by atoms with Crippen molar-refractivity contribution in [2.45, 2.75) is 24.5 Å².